The fraction of sp³-hybridized carbons (Fsp3) is 0.478. The number of rotatable bonds is 8. The lowest BCUT2D eigenvalue weighted by Crippen LogP contribution is -2.40. The Morgan fingerprint density at radius 3 is 2.63 bits per heavy atom. The molecule has 0 amide bonds. The van der Waals surface area contributed by atoms with Crippen LogP contribution in [0.25, 0.3) is 27.9 Å². The molecule has 12 heteroatoms. The van der Waals surface area contributed by atoms with Crippen molar-refractivity contribution in [3.8, 4) is 11.3 Å². The molecule has 0 radical (unpaired) electrons. The maximum absolute atomic E-state index is 13.1. The van der Waals surface area contributed by atoms with Gasteiger partial charge in [-0.1, -0.05) is 0 Å². The van der Waals surface area contributed by atoms with E-state index in [0.29, 0.717) is 41.0 Å². The number of alkyl halides is 3. The molecule has 5 heterocycles. The Morgan fingerprint density at radius 2 is 1.91 bits per heavy atom. The van der Waals surface area contributed by atoms with Crippen LogP contribution in [0.1, 0.15) is 18.7 Å². The van der Waals surface area contributed by atoms with E-state index in [4.69, 9.17) is 0 Å². The molecule has 2 N–H and O–H groups in total. The summed E-state index contributed by atoms with van der Waals surface area (Å²) in [7, 11) is 1.79. The zero-order valence-corrected chi connectivity index (χ0v) is 19.7. The van der Waals surface area contributed by atoms with Gasteiger partial charge in [-0.15, -0.1) is 5.10 Å². The molecule has 5 rings (SSSR count). The van der Waals surface area contributed by atoms with Crippen molar-refractivity contribution in [1.82, 2.24) is 34.0 Å². The fourth-order valence-corrected chi connectivity index (χ4v) is 4.69. The average Bonchev–Trinajstić information content (AvgIpc) is 3.40. The minimum Gasteiger partial charge on any atom is -0.371 e. The van der Waals surface area contributed by atoms with E-state index in [1.807, 2.05) is 18.3 Å². The van der Waals surface area contributed by atoms with E-state index in [2.05, 4.69) is 35.6 Å². The third kappa shape index (κ3) is 4.62. The number of likely N-dealkylation sites (tertiary alicyclic amines) is 1. The third-order valence-corrected chi connectivity index (χ3v) is 6.45. The molecule has 1 aliphatic heterocycles. The number of hydrogen-bond acceptors (Lipinski definition) is 7. The lowest BCUT2D eigenvalue weighted by Gasteiger charge is -2.31. The summed E-state index contributed by atoms with van der Waals surface area (Å²) >= 11 is 0. The van der Waals surface area contributed by atoms with Crippen molar-refractivity contribution >= 4 is 28.4 Å². The lowest BCUT2D eigenvalue weighted by atomic mass is 10.1. The van der Waals surface area contributed by atoms with Gasteiger partial charge >= 0.3 is 0 Å². The highest BCUT2D eigenvalue weighted by molar-refractivity contribution is 5.89. The normalized spacial score (nSPS) is 15.5. The molecule has 4 aromatic rings. The predicted molar refractivity (Wildman–Crippen MR) is 129 cm³/mol. The lowest BCUT2D eigenvalue weighted by molar-refractivity contribution is 0.127. The molecule has 1 aliphatic rings. The van der Waals surface area contributed by atoms with Gasteiger partial charge in [0.1, 0.15) is 23.5 Å². The highest BCUT2D eigenvalue weighted by Gasteiger charge is 2.22. The maximum atomic E-state index is 13.1. The van der Waals surface area contributed by atoms with Gasteiger partial charge < -0.3 is 20.1 Å². The smallest absolute Gasteiger partial charge is 0.256 e. The van der Waals surface area contributed by atoms with Crippen molar-refractivity contribution < 1.29 is 13.2 Å². The Hall–Kier alpha value is -3.41. The van der Waals surface area contributed by atoms with Crippen LogP contribution in [0.5, 0.6) is 0 Å². The third-order valence-electron chi connectivity index (χ3n) is 6.45. The number of fused-ring (bicyclic) bond motifs is 2. The van der Waals surface area contributed by atoms with E-state index in [0.717, 1.165) is 37.0 Å². The number of anilines is 2. The molecule has 9 nitrogen and oxygen atoms in total. The van der Waals surface area contributed by atoms with Crippen molar-refractivity contribution in [2.75, 3.05) is 44.0 Å². The summed E-state index contributed by atoms with van der Waals surface area (Å²) in [6.07, 6.45) is 1.11. The van der Waals surface area contributed by atoms with Gasteiger partial charge in [0.2, 0.25) is 5.95 Å². The van der Waals surface area contributed by atoms with Crippen LogP contribution in [0, 0.1) is 6.92 Å². The molecule has 4 aromatic heterocycles. The summed E-state index contributed by atoms with van der Waals surface area (Å²) in [4.78, 5) is 15.8. The molecule has 0 aliphatic carbocycles. The summed E-state index contributed by atoms with van der Waals surface area (Å²) in [5.74, 6) is 1.62. The number of nitrogens with zero attached hydrogens (tertiary/aromatic N) is 7. The van der Waals surface area contributed by atoms with Gasteiger partial charge in [0, 0.05) is 44.5 Å². The van der Waals surface area contributed by atoms with Crippen LogP contribution < -0.4 is 10.6 Å². The van der Waals surface area contributed by atoms with Crippen LogP contribution in [0.3, 0.4) is 0 Å². The van der Waals surface area contributed by atoms with Crippen molar-refractivity contribution in [2.24, 2.45) is 0 Å². The summed E-state index contributed by atoms with van der Waals surface area (Å²) < 4.78 is 42.0. The highest BCUT2D eigenvalue weighted by atomic mass is 19.3. The number of hydrogen-bond donors (Lipinski definition) is 2. The van der Waals surface area contributed by atoms with E-state index < -0.39 is 13.0 Å². The Labute approximate surface area is 200 Å². The molecule has 0 saturated carbocycles. The monoisotopic (exact) mass is 487 g/mol. The topological polar surface area (TPSA) is 88.2 Å². The average molecular weight is 488 g/mol. The van der Waals surface area contributed by atoms with Gasteiger partial charge in [0.25, 0.3) is 6.43 Å². The summed E-state index contributed by atoms with van der Waals surface area (Å²) in [5.41, 5.74) is 3.13. The Kier molecular flexibility index (Phi) is 6.46. The second kappa shape index (κ2) is 9.68. The Morgan fingerprint density at radius 1 is 1.11 bits per heavy atom. The zero-order valence-electron chi connectivity index (χ0n) is 19.7. The summed E-state index contributed by atoms with van der Waals surface area (Å²) in [6.45, 7) is 3.08. The first-order valence-corrected chi connectivity index (χ1v) is 11.7. The quantitative estimate of drug-likeness (QED) is 0.393. The van der Waals surface area contributed by atoms with Crippen LogP contribution in [-0.2, 0) is 6.54 Å². The van der Waals surface area contributed by atoms with Gasteiger partial charge in [0.05, 0.1) is 12.2 Å². The zero-order chi connectivity index (χ0) is 24.5. The number of imidazole rings is 1. The van der Waals surface area contributed by atoms with E-state index in [1.54, 1.807) is 24.6 Å². The summed E-state index contributed by atoms with van der Waals surface area (Å²) in [6, 6.07) is 5.72. The fourth-order valence-electron chi connectivity index (χ4n) is 4.69. The molecule has 1 fully saturated rings. The number of nitrogens with one attached hydrogen (secondary N) is 2. The van der Waals surface area contributed by atoms with E-state index >= 15 is 0 Å². The Bertz CT molecular complexity index is 1330. The number of pyridine rings is 1. The van der Waals surface area contributed by atoms with Gasteiger partial charge in [-0.05, 0) is 38.0 Å². The molecule has 35 heavy (non-hydrogen) atoms. The van der Waals surface area contributed by atoms with Crippen molar-refractivity contribution in [2.45, 2.75) is 38.8 Å². The minimum absolute atomic E-state index is 0.213. The molecule has 186 valence electrons. The second-order valence-electron chi connectivity index (χ2n) is 8.71. The minimum atomic E-state index is -2.50. The molecule has 0 bridgehead atoms. The van der Waals surface area contributed by atoms with Crippen LogP contribution in [-0.4, -0.2) is 79.9 Å². The SMILES string of the molecule is CNc1nc(NC2CCN(CCF)CC2)nn2ccc(-c3ccc4nc(C)n(CC(F)F)c4n3)c12. The number of aromatic nitrogens is 6. The molecule has 0 spiro atoms. The van der Waals surface area contributed by atoms with Gasteiger partial charge in [-0.2, -0.15) is 4.98 Å². The maximum Gasteiger partial charge on any atom is 0.256 e. The molecule has 0 aromatic carbocycles. The molecule has 0 atom stereocenters. The largest absolute Gasteiger partial charge is 0.371 e. The van der Waals surface area contributed by atoms with E-state index in [1.165, 1.54) is 4.57 Å². The van der Waals surface area contributed by atoms with Crippen molar-refractivity contribution in [3.63, 3.8) is 0 Å². The molecular weight excluding hydrogens is 459 g/mol. The van der Waals surface area contributed by atoms with Gasteiger partial charge in [-0.3, -0.25) is 0 Å². The number of aryl methyl sites for hydroxylation is 1. The van der Waals surface area contributed by atoms with Gasteiger partial charge in [0.15, 0.2) is 11.5 Å². The Balaban J connectivity index is 1.46. The summed E-state index contributed by atoms with van der Waals surface area (Å²) in [5, 5.41) is 11.2. The molecule has 0 unspecified atom stereocenters. The molecule has 1 saturated heterocycles. The van der Waals surface area contributed by atoms with E-state index in [9.17, 15) is 13.2 Å². The van der Waals surface area contributed by atoms with Crippen LogP contribution in [0.2, 0.25) is 0 Å². The standard InChI is InChI=1S/C23H28F3N9/c1-14-28-18-4-3-17(30-22(18)34(14)13-19(25)26)16-7-11-35-20(16)21(27-2)31-23(32-35)29-15-5-9-33(10-6-15)12-8-24/h3-4,7,11,15,19H,5-6,8-10,12-13H2,1-2H3,(H2,27,29,31,32). The first-order chi connectivity index (χ1) is 17.0. The number of halogens is 3. The van der Waals surface area contributed by atoms with Crippen LogP contribution >= 0.6 is 0 Å². The first-order valence-electron chi connectivity index (χ1n) is 11.7. The predicted octanol–water partition coefficient (Wildman–Crippen LogP) is 3.60. The second-order valence-corrected chi connectivity index (χ2v) is 8.71. The number of piperidine rings is 1. The van der Waals surface area contributed by atoms with Crippen LogP contribution in [0.15, 0.2) is 24.4 Å². The first kappa shape index (κ1) is 23.3. The van der Waals surface area contributed by atoms with Crippen molar-refractivity contribution in [1.29, 1.82) is 0 Å². The van der Waals surface area contributed by atoms with Crippen LogP contribution in [0.4, 0.5) is 24.9 Å². The molecular formula is C23H28F3N9. The van der Waals surface area contributed by atoms with E-state index in [-0.39, 0.29) is 12.7 Å². The van der Waals surface area contributed by atoms with Gasteiger partial charge in [-0.25, -0.2) is 27.7 Å². The van der Waals surface area contributed by atoms with Crippen molar-refractivity contribution in [3.05, 3.63) is 30.2 Å². The highest BCUT2D eigenvalue weighted by Crippen LogP contribution is 2.31.